The fraction of sp³-hybridized carbons (Fsp3) is 0.333. The fourth-order valence-electron chi connectivity index (χ4n) is 2.33. The van der Waals surface area contributed by atoms with E-state index >= 15 is 0 Å². The van der Waals surface area contributed by atoms with E-state index in [2.05, 4.69) is 33.2 Å². The topological polar surface area (TPSA) is 55.1 Å². The van der Waals surface area contributed by atoms with Gasteiger partial charge >= 0.3 is 5.97 Å². The number of benzene rings is 1. The van der Waals surface area contributed by atoms with Crippen molar-refractivity contribution < 1.29 is 9.90 Å². The lowest BCUT2D eigenvalue weighted by atomic mass is 10.0. The van der Waals surface area contributed by atoms with Gasteiger partial charge in [-0.1, -0.05) is 28.1 Å². The summed E-state index contributed by atoms with van der Waals surface area (Å²) in [6, 6.07) is 6.19. The van der Waals surface area contributed by atoms with Gasteiger partial charge in [0.05, 0.1) is 18.7 Å². The zero-order valence-corrected chi connectivity index (χ0v) is 13.4. The monoisotopic (exact) mass is 336 g/mol. The molecular formula is C15H17BrN2O2. The van der Waals surface area contributed by atoms with Crippen molar-refractivity contribution in [1.29, 1.82) is 0 Å². The van der Waals surface area contributed by atoms with Crippen molar-refractivity contribution in [1.82, 2.24) is 9.78 Å². The van der Waals surface area contributed by atoms with Crippen LogP contribution in [0, 0.1) is 20.8 Å². The van der Waals surface area contributed by atoms with Crippen LogP contribution in [0.25, 0.3) is 11.1 Å². The van der Waals surface area contributed by atoms with E-state index in [-0.39, 0.29) is 6.42 Å². The highest BCUT2D eigenvalue weighted by Crippen LogP contribution is 2.30. The van der Waals surface area contributed by atoms with Crippen LogP contribution in [0.5, 0.6) is 0 Å². The summed E-state index contributed by atoms with van der Waals surface area (Å²) in [5, 5.41) is 13.2. The van der Waals surface area contributed by atoms with Crippen LogP contribution >= 0.6 is 15.9 Å². The second-order valence-electron chi connectivity index (χ2n) is 4.88. The number of hydrogen-bond acceptors (Lipinski definition) is 2. The number of nitrogens with zero attached hydrogens (tertiary/aromatic N) is 2. The molecule has 0 radical (unpaired) electrons. The van der Waals surface area contributed by atoms with E-state index in [0.29, 0.717) is 6.54 Å². The van der Waals surface area contributed by atoms with Gasteiger partial charge in [0.2, 0.25) is 0 Å². The Morgan fingerprint density at radius 2 is 2.05 bits per heavy atom. The maximum absolute atomic E-state index is 10.7. The molecule has 4 nitrogen and oxygen atoms in total. The molecule has 2 rings (SSSR count). The number of hydrogen-bond donors (Lipinski definition) is 1. The molecule has 0 saturated heterocycles. The Morgan fingerprint density at radius 1 is 1.35 bits per heavy atom. The Balaban J connectivity index is 2.41. The number of aryl methyl sites for hydroxylation is 3. The van der Waals surface area contributed by atoms with Gasteiger partial charge in [-0.25, -0.2) is 0 Å². The normalized spacial score (nSPS) is 10.8. The van der Waals surface area contributed by atoms with Crippen molar-refractivity contribution >= 4 is 21.9 Å². The number of carboxylic acids is 1. The molecule has 1 N–H and O–H groups in total. The van der Waals surface area contributed by atoms with Gasteiger partial charge in [0.15, 0.2) is 0 Å². The molecule has 0 aliphatic rings. The Kier molecular flexibility index (Phi) is 4.28. The van der Waals surface area contributed by atoms with Crippen LogP contribution in [0.15, 0.2) is 22.7 Å². The molecule has 1 aromatic heterocycles. The van der Waals surface area contributed by atoms with Crippen LogP contribution < -0.4 is 0 Å². The SMILES string of the molecule is Cc1cc(-c2c(C)nn(CCC(=O)O)c2C)ccc1Br. The van der Waals surface area contributed by atoms with Gasteiger partial charge in [-0.3, -0.25) is 9.48 Å². The largest absolute Gasteiger partial charge is 0.481 e. The lowest BCUT2D eigenvalue weighted by Crippen LogP contribution is -2.07. The number of aliphatic carboxylic acids is 1. The highest BCUT2D eigenvalue weighted by Gasteiger charge is 2.14. The lowest BCUT2D eigenvalue weighted by Gasteiger charge is -2.06. The van der Waals surface area contributed by atoms with Crippen molar-refractivity contribution in [2.75, 3.05) is 0 Å². The van der Waals surface area contributed by atoms with Gasteiger partial charge in [-0.2, -0.15) is 5.10 Å². The third-order valence-electron chi connectivity index (χ3n) is 3.37. The van der Waals surface area contributed by atoms with Crippen molar-refractivity contribution in [3.63, 3.8) is 0 Å². The summed E-state index contributed by atoms with van der Waals surface area (Å²) in [6.45, 7) is 6.39. The van der Waals surface area contributed by atoms with E-state index in [0.717, 1.165) is 27.0 Å². The quantitative estimate of drug-likeness (QED) is 0.925. The molecule has 0 spiro atoms. The zero-order chi connectivity index (χ0) is 14.9. The summed E-state index contributed by atoms with van der Waals surface area (Å²) < 4.78 is 2.85. The molecule has 0 unspecified atom stereocenters. The molecule has 0 aliphatic carbocycles. The maximum Gasteiger partial charge on any atom is 0.305 e. The third-order valence-corrected chi connectivity index (χ3v) is 4.26. The smallest absolute Gasteiger partial charge is 0.305 e. The number of aromatic nitrogens is 2. The molecule has 5 heteroatoms. The zero-order valence-electron chi connectivity index (χ0n) is 11.8. The van der Waals surface area contributed by atoms with Crippen LogP contribution in [-0.4, -0.2) is 20.9 Å². The molecule has 0 saturated carbocycles. The molecule has 0 fully saturated rings. The van der Waals surface area contributed by atoms with Crippen molar-refractivity contribution in [2.45, 2.75) is 33.7 Å². The van der Waals surface area contributed by atoms with Crippen LogP contribution in [0.4, 0.5) is 0 Å². The summed E-state index contributed by atoms with van der Waals surface area (Å²) >= 11 is 3.50. The molecule has 0 amide bonds. The average molecular weight is 337 g/mol. The molecule has 20 heavy (non-hydrogen) atoms. The van der Waals surface area contributed by atoms with E-state index in [1.807, 2.05) is 26.8 Å². The van der Waals surface area contributed by atoms with Gasteiger partial charge in [-0.15, -0.1) is 0 Å². The molecular weight excluding hydrogens is 320 g/mol. The molecule has 0 atom stereocenters. The predicted octanol–water partition coefficient (Wildman–Crippen LogP) is 3.71. The summed E-state index contributed by atoms with van der Waals surface area (Å²) in [5.41, 5.74) is 5.30. The lowest BCUT2D eigenvalue weighted by molar-refractivity contribution is -0.137. The van der Waals surface area contributed by atoms with Crippen LogP contribution in [0.3, 0.4) is 0 Å². The van der Waals surface area contributed by atoms with Gasteiger partial charge in [-0.05, 0) is 38.0 Å². The summed E-state index contributed by atoms with van der Waals surface area (Å²) in [7, 11) is 0. The molecule has 0 bridgehead atoms. The van der Waals surface area contributed by atoms with E-state index in [1.165, 1.54) is 5.56 Å². The Hall–Kier alpha value is -1.62. The minimum atomic E-state index is -0.807. The Bertz CT molecular complexity index is 662. The summed E-state index contributed by atoms with van der Waals surface area (Å²) in [5.74, 6) is -0.807. The molecule has 1 heterocycles. The average Bonchev–Trinajstić information content (AvgIpc) is 2.65. The first-order chi connectivity index (χ1) is 9.40. The first kappa shape index (κ1) is 14.8. The van der Waals surface area contributed by atoms with Crippen molar-refractivity contribution in [3.8, 4) is 11.1 Å². The standard InChI is InChI=1S/C15H17BrN2O2/c1-9-8-12(4-5-13(9)16)15-10(2)17-18(11(15)3)7-6-14(19)20/h4-5,8H,6-7H2,1-3H3,(H,19,20). The first-order valence-corrected chi connectivity index (χ1v) is 7.21. The van der Waals surface area contributed by atoms with E-state index < -0.39 is 5.97 Å². The summed E-state index contributed by atoms with van der Waals surface area (Å²) in [6.07, 6.45) is 0.0841. The Morgan fingerprint density at radius 3 is 2.65 bits per heavy atom. The number of carbonyl (C=O) groups is 1. The second-order valence-corrected chi connectivity index (χ2v) is 5.73. The van der Waals surface area contributed by atoms with Gasteiger partial charge in [0.25, 0.3) is 0 Å². The number of rotatable bonds is 4. The third kappa shape index (κ3) is 2.93. The van der Waals surface area contributed by atoms with Crippen LogP contribution in [0.2, 0.25) is 0 Å². The number of carboxylic acid groups (broad SMARTS) is 1. The summed E-state index contributed by atoms with van der Waals surface area (Å²) in [4.78, 5) is 10.7. The maximum atomic E-state index is 10.7. The molecule has 106 valence electrons. The van der Waals surface area contributed by atoms with Crippen molar-refractivity contribution in [2.24, 2.45) is 0 Å². The first-order valence-electron chi connectivity index (χ1n) is 6.42. The van der Waals surface area contributed by atoms with Crippen molar-refractivity contribution in [3.05, 3.63) is 39.6 Å². The van der Waals surface area contributed by atoms with Crippen LogP contribution in [-0.2, 0) is 11.3 Å². The van der Waals surface area contributed by atoms with Gasteiger partial charge < -0.3 is 5.11 Å². The van der Waals surface area contributed by atoms with Gasteiger partial charge in [0.1, 0.15) is 0 Å². The van der Waals surface area contributed by atoms with Gasteiger partial charge in [0, 0.05) is 15.7 Å². The molecule has 2 aromatic rings. The molecule has 0 aliphatic heterocycles. The highest BCUT2D eigenvalue weighted by atomic mass is 79.9. The van der Waals surface area contributed by atoms with E-state index in [9.17, 15) is 4.79 Å². The fourth-order valence-corrected chi connectivity index (χ4v) is 2.58. The Labute approximate surface area is 126 Å². The number of halogens is 1. The minimum Gasteiger partial charge on any atom is -0.481 e. The highest BCUT2D eigenvalue weighted by molar-refractivity contribution is 9.10. The van der Waals surface area contributed by atoms with Crippen LogP contribution in [0.1, 0.15) is 23.4 Å². The van der Waals surface area contributed by atoms with E-state index in [4.69, 9.17) is 5.11 Å². The predicted molar refractivity (Wildman–Crippen MR) is 81.8 cm³/mol. The molecule has 1 aromatic carbocycles. The minimum absolute atomic E-state index is 0.0841. The van der Waals surface area contributed by atoms with E-state index in [1.54, 1.807) is 4.68 Å². The second kappa shape index (κ2) is 5.79.